The molecule has 1 unspecified atom stereocenters. The van der Waals surface area contributed by atoms with Gasteiger partial charge in [-0.25, -0.2) is 0 Å². The minimum Gasteiger partial charge on any atom is -0.355 e. The van der Waals surface area contributed by atoms with Gasteiger partial charge in [0.25, 0.3) is 0 Å². The van der Waals surface area contributed by atoms with Crippen LogP contribution in [0.15, 0.2) is 176 Å². The summed E-state index contributed by atoms with van der Waals surface area (Å²) in [4.78, 5) is 3.69. The smallest absolute Gasteiger partial charge is 0.0560 e. The molecule has 3 nitrogen and oxygen atoms in total. The molecule has 3 heteroatoms. The Bertz CT molecular complexity index is 3060. The summed E-state index contributed by atoms with van der Waals surface area (Å²) in [6.45, 7) is 0. The van der Waals surface area contributed by atoms with Crippen molar-refractivity contribution in [1.29, 1.82) is 0 Å². The molecule has 0 fully saturated rings. The molecule has 3 heterocycles. The molecular weight excluding hydrogens is 619 g/mol. The van der Waals surface area contributed by atoms with Crippen molar-refractivity contribution in [3.05, 3.63) is 176 Å². The van der Waals surface area contributed by atoms with Gasteiger partial charge in [-0.2, -0.15) is 0 Å². The lowest BCUT2D eigenvalue weighted by Gasteiger charge is -2.18. The molecular formula is C48H33N3. The minimum atomic E-state index is 0.301. The maximum absolute atomic E-state index is 3.69. The van der Waals surface area contributed by atoms with Crippen molar-refractivity contribution in [1.82, 2.24) is 14.1 Å². The van der Waals surface area contributed by atoms with Crippen LogP contribution in [0.25, 0.3) is 93.4 Å². The van der Waals surface area contributed by atoms with E-state index in [2.05, 4.69) is 190 Å². The molecule has 0 bridgehead atoms. The molecule has 0 amide bonds. The lowest BCUT2D eigenvalue weighted by Crippen LogP contribution is -2.06. The first-order valence-electron chi connectivity index (χ1n) is 17.8. The number of fused-ring (bicyclic) bond motifs is 9. The van der Waals surface area contributed by atoms with E-state index >= 15 is 0 Å². The first-order valence-corrected chi connectivity index (χ1v) is 17.8. The maximum Gasteiger partial charge on any atom is 0.0560 e. The highest BCUT2D eigenvalue weighted by Crippen LogP contribution is 2.39. The number of benzene rings is 7. The third-order valence-electron chi connectivity index (χ3n) is 11.0. The van der Waals surface area contributed by atoms with Gasteiger partial charge in [-0.15, -0.1) is 0 Å². The van der Waals surface area contributed by atoms with Crippen LogP contribution >= 0.6 is 0 Å². The van der Waals surface area contributed by atoms with Gasteiger partial charge in [0, 0.05) is 54.6 Å². The predicted octanol–water partition coefficient (Wildman–Crippen LogP) is 12.9. The standard InChI is InChI=1S/C48H33N3/c1-3-11-35(12-4-1)50-45-17-9-7-15-37(45)39-23-19-33(29-47(39)50)31-21-25-43-41(27-31)42-28-32(22-26-44(42)49-43)34-20-24-40-38-16-8-10-18-46(38)51(48(40)30-34)36-13-5-2-6-14-36/h1-13,15-30,36,49H,14H2. The quantitative estimate of drug-likeness (QED) is 0.196. The number of H-pyrrole nitrogens is 1. The topological polar surface area (TPSA) is 25.6 Å². The van der Waals surface area contributed by atoms with Gasteiger partial charge in [0.15, 0.2) is 0 Å². The zero-order chi connectivity index (χ0) is 33.5. The SMILES string of the molecule is C1=CCC(n2c3ccccc3c3ccc(-c4ccc5[nH]c6ccc(-c7ccc8c9ccccc9n(-c9ccccc9)c8c7)cc6c5c4)cc32)C=C1. The van der Waals surface area contributed by atoms with Gasteiger partial charge < -0.3 is 14.1 Å². The predicted molar refractivity (Wildman–Crippen MR) is 216 cm³/mol. The largest absolute Gasteiger partial charge is 0.355 e. The summed E-state index contributed by atoms with van der Waals surface area (Å²) in [5.74, 6) is 0. The van der Waals surface area contributed by atoms with Crippen molar-refractivity contribution in [2.45, 2.75) is 12.5 Å². The Labute approximate surface area is 295 Å². The fraction of sp³-hybridized carbons (Fsp3) is 0.0417. The van der Waals surface area contributed by atoms with Crippen LogP contribution in [-0.2, 0) is 0 Å². The van der Waals surface area contributed by atoms with Gasteiger partial charge in [-0.05, 0) is 89.3 Å². The Morgan fingerprint density at radius 2 is 0.980 bits per heavy atom. The Morgan fingerprint density at radius 3 is 1.67 bits per heavy atom. The number of aromatic nitrogens is 3. The van der Waals surface area contributed by atoms with Gasteiger partial charge in [-0.1, -0.05) is 115 Å². The minimum absolute atomic E-state index is 0.301. The third-order valence-corrected chi connectivity index (χ3v) is 11.0. The maximum atomic E-state index is 3.69. The molecule has 7 aromatic carbocycles. The first kappa shape index (κ1) is 28.3. The van der Waals surface area contributed by atoms with Crippen molar-refractivity contribution >= 4 is 65.4 Å². The summed E-state index contributed by atoms with van der Waals surface area (Å²) < 4.78 is 4.92. The average molecular weight is 652 g/mol. The van der Waals surface area contributed by atoms with Crippen LogP contribution in [0, 0.1) is 0 Å². The molecule has 51 heavy (non-hydrogen) atoms. The van der Waals surface area contributed by atoms with E-state index in [0.29, 0.717) is 6.04 Å². The second kappa shape index (κ2) is 11.0. The van der Waals surface area contributed by atoms with Crippen LogP contribution in [0.3, 0.4) is 0 Å². The van der Waals surface area contributed by atoms with E-state index in [4.69, 9.17) is 0 Å². The lowest BCUT2D eigenvalue weighted by atomic mass is 9.99. The van der Waals surface area contributed by atoms with Crippen molar-refractivity contribution < 1.29 is 0 Å². The Kier molecular flexibility index (Phi) is 6.08. The first-order chi connectivity index (χ1) is 25.3. The summed E-state index contributed by atoms with van der Waals surface area (Å²) >= 11 is 0. The van der Waals surface area contributed by atoms with E-state index < -0.39 is 0 Å². The average Bonchev–Trinajstić information content (AvgIpc) is 3.85. The van der Waals surface area contributed by atoms with E-state index in [9.17, 15) is 0 Å². The molecule has 1 N–H and O–H groups in total. The monoisotopic (exact) mass is 651 g/mol. The number of hydrogen-bond acceptors (Lipinski definition) is 0. The Hall–Kier alpha value is -6.58. The highest BCUT2D eigenvalue weighted by atomic mass is 15.0. The molecule has 0 saturated heterocycles. The molecule has 0 aliphatic heterocycles. The van der Waals surface area contributed by atoms with Crippen LogP contribution in [0.1, 0.15) is 12.5 Å². The molecule has 3 aromatic heterocycles. The highest BCUT2D eigenvalue weighted by molar-refractivity contribution is 6.13. The molecule has 240 valence electrons. The second-order valence-corrected chi connectivity index (χ2v) is 13.8. The van der Waals surface area contributed by atoms with Crippen molar-refractivity contribution in [2.24, 2.45) is 0 Å². The number of para-hydroxylation sites is 3. The number of allylic oxidation sites excluding steroid dienone is 4. The van der Waals surface area contributed by atoms with Gasteiger partial charge in [0.1, 0.15) is 0 Å². The van der Waals surface area contributed by atoms with Crippen LogP contribution in [-0.4, -0.2) is 14.1 Å². The molecule has 1 atom stereocenters. The number of nitrogens with zero attached hydrogens (tertiary/aromatic N) is 2. The van der Waals surface area contributed by atoms with Crippen molar-refractivity contribution in [3.8, 4) is 27.9 Å². The van der Waals surface area contributed by atoms with Crippen molar-refractivity contribution in [3.63, 3.8) is 0 Å². The zero-order valence-corrected chi connectivity index (χ0v) is 27.9. The molecule has 0 saturated carbocycles. The molecule has 11 rings (SSSR count). The van der Waals surface area contributed by atoms with Crippen LogP contribution in [0.4, 0.5) is 0 Å². The molecule has 1 aliphatic carbocycles. The Balaban J connectivity index is 1.05. The fourth-order valence-electron chi connectivity index (χ4n) is 8.56. The summed E-state index contributed by atoms with van der Waals surface area (Å²) in [5.41, 5.74) is 13.4. The number of rotatable bonds is 4. The number of nitrogens with one attached hydrogen (secondary N) is 1. The van der Waals surface area contributed by atoms with Gasteiger partial charge >= 0.3 is 0 Å². The summed E-state index contributed by atoms with van der Waals surface area (Å²) in [6, 6.07) is 56.1. The lowest BCUT2D eigenvalue weighted by molar-refractivity contribution is 0.648. The van der Waals surface area contributed by atoms with Crippen LogP contribution < -0.4 is 0 Å². The van der Waals surface area contributed by atoms with Gasteiger partial charge in [0.2, 0.25) is 0 Å². The van der Waals surface area contributed by atoms with Crippen LogP contribution in [0.2, 0.25) is 0 Å². The normalized spacial score (nSPS) is 14.6. The highest BCUT2D eigenvalue weighted by Gasteiger charge is 2.18. The van der Waals surface area contributed by atoms with Gasteiger partial charge in [0.05, 0.1) is 22.6 Å². The molecule has 0 spiro atoms. The van der Waals surface area contributed by atoms with Crippen molar-refractivity contribution in [2.75, 3.05) is 0 Å². The second-order valence-electron chi connectivity index (χ2n) is 13.8. The molecule has 0 radical (unpaired) electrons. The van der Waals surface area contributed by atoms with Crippen LogP contribution in [0.5, 0.6) is 0 Å². The summed E-state index contributed by atoms with van der Waals surface area (Å²) in [6.07, 6.45) is 9.93. The molecule has 10 aromatic rings. The van der Waals surface area contributed by atoms with E-state index in [1.807, 2.05) is 0 Å². The fourth-order valence-corrected chi connectivity index (χ4v) is 8.56. The number of aromatic amines is 1. The Morgan fingerprint density at radius 1 is 0.431 bits per heavy atom. The summed E-state index contributed by atoms with van der Waals surface area (Å²) in [5, 5.41) is 7.63. The third kappa shape index (κ3) is 4.31. The molecule has 1 aliphatic rings. The number of hydrogen-bond donors (Lipinski definition) is 1. The van der Waals surface area contributed by atoms with E-state index in [1.165, 1.54) is 82.3 Å². The van der Waals surface area contributed by atoms with E-state index in [0.717, 1.165) is 17.5 Å². The zero-order valence-electron chi connectivity index (χ0n) is 27.9. The van der Waals surface area contributed by atoms with Gasteiger partial charge in [-0.3, -0.25) is 0 Å². The summed E-state index contributed by atoms with van der Waals surface area (Å²) in [7, 11) is 0. The van der Waals surface area contributed by atoms with E-state index in [-0.39, 0.29) is 0 Å². The van der Waals surface area contributed by atoms with E-state index in [1.54, 1.807) is 0 Å².